The van der Waals surface area contributed by atoms with Crippen LogP contribution in [0.5, 0.6) is 0 Å². The van der Waals surface area contributed by atoms with Crippen molar-refractivity contribution in [3.8, 4) is 0 Å². The van der Waals surface area contributed by atoms with Gasteiger partial charge in [-0.2, -0.15) is 0 Å². The van der Waals surface area contributed by atoms with Gasteiger partial charge in [-0.3, -0.25) is 4.39 Å². The third kappa shape index (κ3) is 16.3. The van der Waals surface area contributed by atoms with Gasteiger partial charge in [-0.1, -0.05) is 70.5 Å². The minimum atomic E-state index is -9.58. The first-order valence-corrected chi connectivity index (χ1v) is 17.2. The Labute approximate surface area is 263 Å². The molecule has 2 heterocycles. The molecule has 19 heteroatoms. The number of benzene rings is 2. The molecule has 0 aromatic heterocycles. The molecule has 2 N–H and O–H groups in total. The van der Waals surface area contributed by atoms with Crippen LogP contribution in [0.2, 0.25) is 0 Å². The van der Waals surface area contributed by atoms with Crippen molar-refractivity contribution in [2.45, 2.75) is 43.6 Å². The first-order valence-electron chi connectivity index (χ1n) is 13.3. The van der Waals surface area contributed by atoms with Crippen molar-refractivity contribution in [3.05, 3.63) is 54.6 Å². The van der Waals surface area contributed by atoms with Gasteiger partial charge in [-0.15, -0.1) is 0 Å². The van der Waals surface area contributed by atoms with E-state index in [4.69, 9.17) is 4.74 Å². The van der Waals surface area contributed by atoms with Gasteiger partial charge in [0.15, 0.2) is 0 Å². The summed E-state index contributed by atoms with van der Waals surface area (Å²) >= 11 is 0. The first kappa shape index (κ1) is 43.4. The lowest BCUT2D eigenvalue weighted by atomic mass is 10.2. The maximum Gasteiger partial charge on any atom is 0.410 e. The summed E-state index contributed by atoms with van der Waals surface area (Å²) in [5, 5.41) is 6.22. The number of nitrogens with one attached hydrogen (secondary N) is 2. The maximum atomic E-state index is 12.7. The number of alkyl halides is 1. The van der Waals surface area contributed by atoms with Crippen LogP contribution < -0.4 is 15.5 Å². The smallest absolute Gasteiger partial charge is 0.410 e. The predicted octanol–water partition coefficient (Wildman–Crippen LogP) is 10.1. The van der Waals surface area contributed by atoms with E-state index in [1.165, 1.54) is 12.1 Å². The topological polar surface area (TPSA) is 56.8 Å². The second kappa shape index (κ2) is 14.2. The fourth-order valence-corrected chi connectivity index (χ4v) is 5.05. The fourth-order valence-electron chi connectivity index (χ4n) is 3.69. The molecule has 46 heavy (non-hydrogen) atoms. The van der Waals surface area contributed by atoms with Crippen molar-refractivity contribution in [1.82, 2.24) is 15.5 Å². The van der Waals surface area contributed by atoms with E-state index in [-0.39, 0.29) is 24.8 Å². The Kier molecular flexibility index (Phi) is 13.4. The van der Waals surface area contributed by atoms with Crippen LogP contribution in [0.25, 0.3) is 0 Å². The van der Waals surface area contributed by atoms with Gasteiger partial charge in [-0.25, -0.2) is 4.79 Å². The summed E-state index contributed by atoms with van der Waals surface area (Å²) in [7, 11) is -18.5. The molecule has 2 aromatic carbocycles. The number of carbonyl (C=O) groups excluding carboxylic acids is 1. The Morgan fingerprint density at radius 3 is 1.48 bits per heavy atom. The van der Waals surface area contributed by atoms with Crippen molar-refractivity contribution in [2.24, 2.45) is 0 Å². The number of amides is 1. The van der Waals surface area contributed by atoms with Crippen LogP contribution >= 0.6 is 20.4 Å². The van der Waals surface area contributed by atoms with E-state index >= 15 is 0 Å². The minimum absolute atomic E-state index is 0. The van der Waals surface area contributed by atoms with Gasteiger partial charge in [0.25, 0.3) is 0 Å². The highest BCUT2D eigenvalue weighted by atomic mass is 32.5. The third-order valence-corrected chi connectivity index (χ3v) is 8.01. The standard InChI is InChI=1S/C10H13F5N2S.C9H18N2O2.C6H5F5S.CH3F.CH4/c11-18(12,13,14,15)10-3-1-2-9(8-10)17-6-4-16-5-7-17;1-9(2,3)13-8(12)11-6-4-10-5-7-11;7-12(8,9,10,11)6-4-2-1-3-5-6;1-2;/h1-3,8,16H,4-7H2;10H,4-7H2,1-3H3;1-5H;1H3;1H4. The molecule has 0 spiro atoms. The monoisotopic (exact) mass is 728 g/mol. The molecule has 0 radical (unpaired) electrons. The van der Waals surface area contributed by atoms with E-state index in [9.17, 15) is 48.0 Å². The van der Waals surface area contributed by atoms with Crippen LogP contribution in [0.3, 0.4) is 0 Å². The number of rotatable bonds is 3. The molecule has 0 saturated carbocycles. The Hall–Kier alpha value is -2.64. The molecule has 0 bridgehead atoms. The quantitative estimate of drug-likeness (QED) is 0.308. The van der Waals surface area contributed by atoms with Gasteiger partial charge in [-0.05, 0) is 51.1 Å². The number of hydrogen-bond acceptors (Lipinski definition) is 5. The third-order valence-electron chi connectivity index (χ3n) is 5.70. The average Bonchev–Trinajstić information content (AvgIpc) is 2.93. The summed E-state index contributed by atoms with van der Waals surface area (Å²) in [6.07, 6.45) is -0.200. The van der Waals surface area contributed by atoms with Crippen LogP contribution in [-0.4, -0.2) is 76.1 Å². The summed E-state index contributed by atoms with van der Waals surface area (Å²) in [5.41, 5.74) is -0.204. The summed E-state index contributed by atoms with van der Waals surface area (Å²) in [5.74, 6) is 0. The molecule has 0 atom stereocenters. The van der Waals surface area contributed by atoms with Crippen LogP contribution in [0.4, 0.5) is 53.7 Å². The Bertz CT molecular complexity index is 1240. The van der Waals surface area contributed by atoms with Crippen LogP contribution in [0.15, 0.2) is 64.4 Å². The zero-order chi connectivity index (χ0) is 34.9. The van der Waals surface area contributed by atoms with E-state index in [0.717, 1.165) is 44.4 Å². The first-order chi connectivity index (χ1) is 20.1. The fraction of sp³-hybridized carbons (Fsp3) is 0.519. The number of halogens is 11. The molecule has 0 aliphatic carbocycles. The molecule has 1 amide bonds. The number of hydrogen-bond donors (Lipinski definition) is 2. The molecule has 272 valence electrons. The molecule has 0 unspecified atom stereocenters. The number of anilines is 1. The van der Waals surface area contributed by atoms with Crippen LogP contribution in [0.1, 0.15) is 28.2 Å². The van der Waals surface area contributed by atoms with Gasteiger partial charge < -0.3 is 25.2 Å². The number of nitrogens with zero attached hydrogens (tertiary/aromatic N) is 2. The van der Waals surface area contributed by atoms with Gasteiger partial charge in [0.05, 0.1) is 7.18 Å². The van der Waals surface area contributed by atoms with E-state index in [2.05, 4.69) is 10.6 Å². The molecular formula is C27H43F11N4O2S2. The molecule has 4 rings (SSSR count). The Balaban J connectivity index is 0.000000652. The SMILES string of the molecule is C.CC(C)(C)OC(=O)N1CCNCC1.CF.FS(F)(F)(F)(F)c1cccc(N2CCNCC2)c1.FS(F)(F)(F)(F)c1ccccc1. The average molecular weight is 729 g/mol. The Morgan fingerprint density at radius 2 is 1.09 bits per heavy atom. The molecule has 2 aromatic rings. The Morgan fingerprint density at radius 1 is 0.674 bits per heavy atom. The zero-order valence-electron chi connectivity index (χ0n) is 25.0. The minimum Gasteiger partial charge on any atom is -0.444 e. The van der Waals surface area contributed by atoms with E-state index in [1.54, 1.807) is 9.80 Å². The molecule has 2 saturated heterocycles. The van der Waals surface area contributed by atoms with E-state index < -0.39 is 30.2 Å². The maximum absolute atomic E-state index is 12.7. The predicted molar refractivity (Wildman–Crippen MR) is 165 cm³/mol. The lowest BCUT2D eigenvalue weighted by Gasteiger charge is -2.41. The van der Waals surface area contributed by atoms with E-state index in [1.807, 2.05) is 20.8 Å². The lowest BCUT2D eigenvalue weighted by Crippen LogP contribution is -2.48. The lowest BCUT2D eigenvalue weighted by molar-refractivity contribution is 0.0228. The summed E-state index contributed by atoms with van der Waals surface area (Å²) in [6, 6.07) is 7.21. The van der Waals surface area contributed by atoms with Crippen molar-refractivity contribution < 1.29 is 52.8 Å². The molecular weight excluding hydrogens is 685 g/mol. The highest BCUT2D eigenvalue weighted by molar-refractivity contribution is 8.46. The van der Waals surface area contributed by atoms with Crippen molar-refractivity contribution in [2.75, 3.05) is 64.4 Å². The number of ether oxygens (including phenoxy) is 1. The van der Waals surface area contributed by atoms with Gasteiger partial charge in [0.2, 0.25) is 0 Å². The molecule has 2 fully saturated rings. The summed E-state index contributed by atoms with van der Waals surface area (Å²) in [4.78, 5) is 11.2. The largest absolute Gasteiger partial charge is 0.444 e. The zero-order valence-corrected chi connectivity index (χ0v) is 26.7. The molecule has 2 aliphatic heterocycles. The highest BCUT2D eigenvalue weighted by Gasteiger charge is 2.66. The van der Waals surface area contributed by atoms with Crippen molar-refractivity contribution in [3.63, 3.8) is 0 Å². The normalized spacial score (nSPS) is 18.4. The molecule has 6 nitrogen and oxygen atoms in total. The highest BCUT2D eigenvalue weighted by Crippen LogP contribution is 3.02. The van der Waals surface area contributed by atoms with Gasteiger partial charge >= 0.3 is 26.5 Å². The van der Waals surface area contributed by atoms with Crippen LogP contribution in [0, 0.1) is 0 Å². The van der Waals surface area contributed by atoms with Gasteiger partial charge in [0.1, 0.15) is 15.4 Å². The van der Waals surface area contributed by atoms with Gasteiger partial charge in [0, 0.05) is 58.0 Å². The second-order valence-corrected chi connectivity index (χ2v) is 15.5. The van der Waals surface area contributed by atoms with Crippen LogP contribution in [-0.2, 0) is 4.74 Å². The molecule has 2 aliphatic rings. The van der Waals surface area contributed by atoms with Crippen molar-refractivity contribution >= 4 is 32.2 Å². The van der Waals surface area contributed by atoms with E-state index in [0.29, 0.717) is 57.6 Å². The summed E-state index contributed by atoms with van der Waals surface area (Å²) < 4.78 is 138. The number of carbonyl (C=O) groups is 1. The number of piperazine rings is 2. The summed E-state index contributed by atoms with van der Waals surface area (Å²) in [6.45, 7) is 11.1. The van der Waals surface area contributed by atoms with Crippen molar-refractivity contribution in [1.29, 1.82) is 0 Å². The second-order valence-electron chi connectivity index (χ2n) is 10.7.